The number of aryl methyl sites for hydroxylation is 1. The number of carboxylic acids is 1. The van der Waals surface area contributed by atoms with E-state index in [0.717, 1.165) is 11.1 Å². The summed E-state index contributed by atoms with van der Waals surface area (Å²) in [5, 5.41) is 16.5. The highest BCUT2D eigenvalue weighted by Crippen LogP contribution is 2.21. The summed E-state index contributed by atoms with van der Waals surface area (Å²) in [6.45, 7) is 2.39. The molecule has 0 aliphatic rings. The first-order valence-corrected chi connectivity index (χ1v) is 6.06. The van der Waals surface area contributed by atoms with Crippen molar-refractivity contribution in [2.75, 3.05) is 7.11 Å². The molecule has 0 spiro atoms. The largest absolute Gasteiger partial charge is 0.496 e. The first-order valence-electron chi connectivity index (χ1n) is 6.06. The molecular weight excluding hydrogens is 260 g/mol. The maximum Gasteiger partial charge on any atom is 0.358 e. The summed E-state index contributed by atoms with van der Waals surface area (Å²) >= 11 is 0. The van der Waals surface area contributed by atoms with Gasteiger partial charge in [0.25, 0.3) is 0 Å². The number of carboxylic acid groups (broad SMARTS) is 1. The Bertz CT molecular complexity index is 637. The summed E-state index contributed by atoms with van der Waals surface area (Å²) in [7, 11) is 1.59. The molecule has 0 aliphatic carbocycles. The van der Waals surface area contributed by atoms with E-state index in [1.54, 1.807) is 7.11 Å². The van der Waals surface area contributed by atoms with E-state index < -0.39 is 5.97 Å². The monoisotopic (exact) mass is 276 g/mol. The second-order valence-corrected chi connectivity index (χ2v) is 4.37. The summed E-state index contributed by atoms with van der Waals surface area (Å²) in [6, 6.07) is 5.76. The van der Waals surface area contributed by atoms with Gasteiger partial charge in [-0.25, -0.2) is 9.48 Å². The lowest BCUT2D eigenvalue weighted by Crippen LogP contribution is -2.13. The van der Waals surface area contributed by atoms with Gasteiger partial charge in [0.05, 0.1) is 19.3 Å². The Morgan fingerprint density at radius 1 is 1.50 bits per heavy atom. The maximum atomic E-state index is 11.0. The Kier molecular flexibility index (Phi) is 3.99. The fourth-order valence-electron chi connectivity index (χ4n) is 2.02. The third kappa shape index (κ3) is 2.62. The van der Waals surface area contributed by atoms with Gasteiger partial charge in [-0.15, -0.1) is 5.10 Å². The molecule has 0 saturated carbocycles. The lowest BCUT2D eigenvalue weighted by atomic mass is 10.1. The minimum absolute atomic E-state index is 0.0583. The molecule has 0 amide bonds. The van der Waals surface area contributed by atoms with E-state index in [4.69, 9.17) is 15.6 Å². The average molecular weight is 276 g/mol. The number of methoxy groups -OCH3 is 1. The van der Waals surface area contributed by atoms with Gasteiger partial charge in [-0.3, -0.25) is 0 Å². The van der Waals surface area contributed by atoms with Crippen LogP contribution in [0.4, 0.5) is 0 Å². The van der Waals surface area contributed by atoms with Gasteiger partial charge in [0.15, 0.2) is 5.69 Å². The van der Waals surface area contributed by atoms with Crippen LogP contribution in [0.15, 0.2) is 18.2 Å². The zero-order valence-electron chi connectivity index (χ0n) is 11.3. The van der Waals surface area contributed by atoms with Crippen LogP contribution >= 0.6 is 0 Å². The number of rotatable bonds is 5. The highest BCUT2D eigenvalue weighted by atomic mass is 16.5. The number of hydrogen-bond donors (Lipinski definition) is 2. The van der Waals surface area contributed by atoms with E-state index in [2.05, 4.69) is 10.3 Å². The second kappa shape index (κ2) is 5.70. The van der Waals surface area contributed by atoms with Crippen LogP contribution in [0.1, 0.15) is 27.3 Å². The molecular formula is C13H16N4O3. The molecule has 7 nitrogen and oxygen atoms in total. The van der Waals surface area contributed by atoms with Crippen molar-refractivity contribution in [2.24, 2.45) is 5.73 Å². The summed E-state index contributed by atoms with van der Waals surface area (Å²) in [6.07, 6.45) is 0. The van der Waals surface area contributed by atoms with Crippen molar-refractivity contribution < 1.29 is 14.6 Å². The minimum Gasteiger partial charge on any atom is -0.496 e. The number of nitrogens with zero attached hydrogens (tertiary/aromatic N) is 3. The van der Waals surface area contributed by atoms with E-state index in [-0.39, 0.29) is 12.2 Å². The third-order valence-electron chi connectivity index (χ3n) is 2.99. The molecule has 1 aromatic heterocycles. The van der Waals surface area contributed by atoms with Gasteiger partial charge in [-0.1, -0.05) is 22.9 Å². The SMILES string of the molecule is COc1ccc(C)cc1Cn1nnc(C(=O)O)c1CN. The van der Waals surface area contributed by atoms with Gasteiger partial charge in [0, 0.05) is 12.1 Å². The highest BCUT2D eigenvalue weighted by Gasteiger charge is 2.18. The first-order chi connectivity index (χ1) is 9.56. The van der Waals surface area contributed by atoms with Crippen LogP contribution in [-0.4, -0.2) is 33.2 Å². The molecule has 1 heterocycles. The molecule has 0 aliphatic heterocycles. The Hall–Kier alpha value is -2.41. The molecule has 106 valence electrons. The molecule has 0 atom stereocenters. The van der Waals surface area contributed by atoms with Crippen molar-refractivity contribution >= 4 is 5.97 Å². The molecule has 3 N–H and O–H groups in total. The summed E-state index contributed by atoms with van der Waals surface area (Å²) in [5.41, 5.74) is 7.84. The Balaban J connectivity index is 2.40. The predicted octanol–water partition coefficient (Wildman–Crippen LogP) is 0.800. The summed E-state index contributed by atoms with van der Waals surface area (Å²) < 4.78 is 6.78. The Labute approximate surface area is 116 Å². The van der Waals surface area contributed by atoms with Gasteiger partial charge in [-0.05, 0) is 13.0 Å². The van der Waals surface area contributed by atoms with Gasteiger partial charge in [0.1, 0.15) is 5.75 Å². The fraction of sp³-hybridized carbons (Fsp3) is 0.308. The van der Waals surface area contributed by atoms with Crippen LogP contribution in [0.3, 0.4) is 0 Å². The van der Waals surface area contributed by atoms with E-state index in [0.29, 0.717) is 18.0 Å². The van der Waals surface area contributed by atoms with Crippen LogP contribution in [0.5, 0.6) is 5.75 Å². The Morgan fingerprint density at radius 3 is 2.85 bits per heavy atom. The number of aromatic carboxylic acids is 1. The standard InChI is InChI=1S/C13H16N4O3/c1-8-3-4-11(20-2)9(5-8)7-17-10(6-14)12(13(18)19)15-16-17/h3-5H,6-7,14H2,1-2H3,(H,18,19). The zero-order valence-corrected chi connectivity index (χ0v) is 11.3. The van der Waals surface area contributed by atoms with Crippen molar-refractivity contribution in [3.63, 3.8) is 0 Å². The smallest absolute Gasteiger partial charge is 0.358 e. The van der Waals surface area contributed by atoms with E-state index >= 15 is 0 Å². The van der Waals surface area contributed by atoms with Gasteiger partial charge >= 0.3 is 5.97 Å². The number of carbonyl (C=O) groups is 1. The highest BCUT2D eigenvalue weighted by molar-refractivity contribution is 5.86. The summed E-state index contributed by atoms with van der Waals surface area (Å²) in [5.74, 6) is -0.418. The molecule has 2 aromatic rings. The normalized spacial score (nSPS) is 10.6. The second-order valence-electron chi connectivity index (χ2n) is 4.37. The molecule has 1 aromatic carbocycles. The molecule has 0 fully saturated rings. The fourth-order valence-corrected chi connectivity index (χ4v) is 2.02. The van der Waals surface area contributed by atoms with Crippen LogP contribution in [0.25, 0.3) is 0 Å². The molecule has 0 unspecified atom stereocenters. The molecule has 0 radical (unpaired) electrons. The molecule has 7 heteroatoms. The van der Waals surface area contributed by atoms with E-state index in [1.165, 1.54) is 4.68 Å². The van der Waals surface area contributed by atoms with E-state index in [9.17, 15) is 4.79 Å². The van der Waals surface area contributed by atoms with E-state index in [1.807, 2.05) is 25.1 Å². The van der Waals surface area contributed by atoms with Crippen molar-refractivity contribution in [3.05, 3.63) is 40.7 Å². The topological polar surface area (TPSA) is 103 Å². The van der Waals surface area contributed by atoms with Gasteiger partial charge < -0.3 is 15.6 Å². The number of benzene rings is 1. The quantitative estimate of drug-likeness (QED) is 0.837. The van der Waals surface area contributed by atoms with Gasteiger partial charge in [-0.2, -0.15) is 0 Å². The number of hydrogen-bond acceptors (Lipinski definition) is 5. The number of ether oxygens (including phenoxy) is 1. The predicted molar refractivity (Wildman–Crippen MR) is 71.7 cm³/mol. The number of nitrogens with two attached hydrogens (primary N) is 1. The average Bonchev–Trinajstić information content (AvgIpc) is 2.82. The molecule has 2 rings (SSSR count). The van der Waals surface area contributed by atoms with Crippen LogP contribution < -0.4 is 10.5 Å². The number of aromatic nitrogens is 3. The van der Waals surface area contributed by atoms with Crippen molar-refractivity contribution in [3.8, 4) is 5.75 Å². The lowest BCUT2D eigenvalue weighted by Gasteiger charge is -2.10. The first kappa shape index (κ1) is 14.0. The van der Waals surface area contributed by atoms with Crippen LogP contribution in [0, 0.1) is 6.92 Å². The minimum atomic E-state index is -1.13. The lowest BCUT2D eigenvalue weighted by molar-refractivity contribution is 0.0689. The third-order valence-corrected chi connectivity index (χ3v) is 2.99. The van der Waals surface area contributed by atoms with Crippen molar-refractivity contribution in [2.45, 2.75) is 20.0 Å². The van der Waals surface area contributed by atoms with Crippen LogP contribution in [0.2, 0.25) is 0 Å². The molecule has 0 saturated heterocycles. The maximum absolute atomic E-state index is 11.0. The Morgan fingerprint density at radius 2 is 2.25 bits per heavy atom. The summed E-state index contributed by atoms with van der Waals surface area (Å²) in [4.78, 5) is 11.0. The van der Waals surface area contributed by atoms with Crippen LogP contribution in [-0.2, 0) is 13.1 Å². The van der Waals surface area contributed by atoms with Crippen molar-refractivity contribution in [1.29, 1.82) is 0 Å². The van der Waals surface area contributed by atoms with Crippen molar-refractivity contribution in [1.82, 2.24) is 15.0 Å². The zero-order chi connectivity index (χ0) is 14.7. The van der Waals surface area contributed by atoms with Gasteiger partial charge in [0.2, 0.25) is 0 Å². The molecule has 0 bridgehead atoms. The molecule has 20 heavy (non-hydrogen) atoms.